The molecule has 1 aromatic heterocycles. The van der Waals surface area contributed by atoms with Gasteiger partial charge in [0.2, 0.25) is 5.09 Å². The van der Waals surface area contributed by atoms with Crippen molar-refractivity contribution < 1.29 is 12.8 Å². The van der Waals surface area contributed by atoms with E-state index in [9.17, 15) is 8.42 Å². The van der Waals surface area contributed by atoms with E-state index in [4.69, 9.17) is 4.42 Å². The van der Waals surface area contributed by atoms with Crippen LogP contribution in [0.15, 0.2) is 21.6 Å². The van der Waals surface area contributed by atoms with Crippen LogP contribution >= 0.6 is 0 Å². The number of rotatable bonds is 5. The molecule has 0 aliphatic carbocycles. The smallest absolute Gasteiger partial charge is 0.276 e. The molecule has 2 saturated heterocycles. The Balaban J connectivity index is 1.70. The van der Waals surface area contributed by atoms with Gasteiger partial charge in [-0.15, -0.1) is 0 Å². The van der Waals surface area contributed by atoms with Crippen LogP contribution in [0.2, 0.25) is 0 Å². The Bertz CT molecular complexity index is 578. The first-order valence-corrected chi connectivity index (χ1v) is 9.03. The zero-order chi connectivity index (χ0) is 14.9. The lowest BCUT2D eigenvalue weighted by Gasteiger charge is -2.23. The minimum atomic E-state index is -3.49. The molecule has 2 aliphatic heterocycles. The van der Waals surface area contributed by atoms with E-state index >= 15 is 0 Å². The Kier molecular flexibility index (Phi) is 4.35. The van der Waals surface area contributed by atoms with E-state index in [1.54, 1.807) is 23.5 Å². The maximum Gasteiger partial charge on any atom is 0.276 e. The highest BCUT2D eigenvalue weighted by Gasteiger charge is 2.37. The van der Waals surface area contributed by atoms with Crippen LogP contribution in [0.4, 0.5) is 0 Å². The normalized spacial score (nSPS) is 24.9. The van der Waals surface area contributed by atoms with Gasteiger partial charge in [0.15, 0.2) is 0 Å². The molecule has 0 radical (unpaired) electrons. The molecule has 0 spiro atoms. The molecular formula is C14H23N3O3S. The van der Waals surface area contributed by atoms with E-state index in [-0.39, 0.29) is 5.09 Å². The maximum absolute atomic E-state index is 12.6. The molecule has 1 unspecified atom stereocenters. The van der Waals surface area contributed by atoms with Crippen molar-refractivity contribution in [2.24, 2.45) is 0 Å². The van der Waals surface area contributed by atoms with E-state index in [0.29, 0.717) is 31.4 Å². The van der Waals surface area contributed by atoms with E-state index in [0.717, 1.165) is 19.5 Å². The lowest BCUT2D eigenvalue weighted by molar-refractivity contribution is 0.250. The van der Waals surface area contributed by atoms with Crippen LogP contribution in [0, 0.1) is 0 Å². The quantitative estimate of drug-likeness (QED) is 0.873. The molecule has 6 nitrogen and oxygen atoms in total. The van der Waals surface area contributed by atoms with Gasteiger partial charge in [-0.2, -0.15) is 4.31 Å². The minimum Gasteiger partial charge on any atom is -0.447 e. The van der Waals surface area contributed by atoms with Crippen LogP contribution in [0.3, 0.4) is 0 Å². The highest BCUT2D eigenvalue weighted by Crippen LogP contribution is 2.26. The van der Waals surface area contributed by atoms with Gasteiger partial charge in [0.25, 0.3) is 10.0 Å². The summed E-state index contributed by atoms with van der Waals surface area (Å²) in [7, 11) is -1.68. The first kappa shape index (κ1) is 15.0. The van der Waals surface area contributed by atoms with Gasteiger partial charge in [-0.1, -0.05) is 0 Å². The van der Waals surface area contributed by atoms with Crippen molar-refractivity contribution in [3.8, 4) is 0 Å². The molecule has 0 saturated carbocycles. The Labute approximate surface area is 126 Å². The molecule has 118 valence electrons. The van der Waals surface area contributed by atoms with Gasteiger partial charge in [-0.25, -0.2) is 8.42 Å². The number of nitrogens with one attached hydrogen (secondary N) is 1. The Morgan fingerprint density at radius 1 is 1.29 bits per heavy atom. The van der Waals surface area contributed by atoms with Gasteiger partial charge in [0.05, 0.1) is 6.54 Å². The fourth-order valence-corrected chi connectivity index (χ4v) is 4.65. The number of furan rings is 1. The predicted octanol–water partition coefficient (Wildman–Crippen LogP) is 0.858. The third-order valence-corrected chi connectivity index (χ3v) is 6.10. The van der Waals surface area contributed by atoms with Crippen molar-refractivity contribution in [3.05, 3.63) is 17.9 Å². The number of hydrogen-bond acceptors (Lipinski definition) is 5. The first-order chi connectivity index (χ1) is 10.1. The highest BCUT2D eigenvalue weighted by atomic mass is 32.2. The van der Waals surface area contributed by atoms with E-state index < -0.39 is 10.0 Å². The molecule has 0 aromatic carbocycles. The molecule has 3 rings (SSSR count). The molecule has 21 heavy (non-hydrogen) atoms. The van der Waals surface area contributed by atoms with E-state index in [1.807, 2.05) is 0 Å². The van der Waals surface area contributed by atoms with E-state index in [1.165, 1.54) is 12.8 Å². The standard InChI is InChI=1S/C14H23N3O3S/c1-15-10-13-4-5-14(20-13)21(18,19)17-9-6-12(11-17)16-7-2-3-8-16/h4-5,12,15H,2-3,6-11H2,1H3. The summed E-state index contributed by atoms with van der Waals surface area (Å²) in [5.41, 5.74) is 0. The van der Waals surface area contributed by atoms with Crippen molar-refractivity contribution in [1.82, 2.24) is 14.5 Å². The molecule has 1 N–H and O–H groups in total. The van der Waals surface area contributed by atoms with Crippen molar-refractivity contribution >= 4 is 10.0 Å². The Hall–Kier alpha value is -0.890. The van der Waals surface area contributed by atoms with Crippen molar-refractivity contribution in [2.75, 3.05) is 33.2 Å². The largest absolute Gasteiger partial charge is 0.447 e. The summed E-state index contributed by atoms with van der Waals surface area (Å²) in [6.45, 7) is 3.92. The number of likely N-dealkylation sites (tertiary alicyclic amines) is 1. The summed E-state index contributed by atoms with van der Waals surface area (Å²) in [5.74, 6) is 0.645. The van der Waals surface area contributed by atoms with Gasteiger partial charge in [-0.05, 0) is 51.5 Å². The third kappa shape index (κ3) is 3.01. The van der Waals surface area contributed by atoms with Gasteiger partial charge < -0.3 is 9.73 Å². The number of nitrogens with zero attached hydrogens (tertiary/aromatic N) is 2. The van der Waals surface area contributed by atoms with Crippen molar-refractivity contribution in [2.45, 2.75) is 36.9 Å². The molecule has 2 aliphatic rings. The van der Waals surface area contributed by atoms with Crippen LogP contribution in [0.5, 0.6) is 0 Å². The highest BCUT2D eigenvalue weighted by molar-refractivity contribution is 7.89. The average Bonchev–Trinajstić information content (AvgIpc) is 3.20. The van der Waals surface area contributed by atoms with E-state index in [2.05, 4.69) is 10.2 Å². The zero-order valence-corrected chi connectivity index (χ0v) is 13.2. The topological polar surface area (TPSA) is 65.8 Å². The molecule has 0 bridgehead atoms. The number of hydrogen-bond donors (Lipinski definition) is 1. The number of sulfonamides is 1. The zero-order valence-electron chi connectivity index (χ0n) is 12.4. The van der Waals surface area contributed by atoms with Crippen LogP contribution < -0.4 is 5.32 Å². The monoisotopic (exact) mass is 313 g/mol. The molecule has 3 heterocycles. The van der Waals surface area contributed by atoms with Gasteiger partial charge in [-0.3, -0.25) is 4.90 Å². The Morgan fingerprint density at radius 2 is 2.05 bits per heavy atom. The lowest BCUT2D eigenvalue weighted by atomic mass is 10.2. The van der Waals surface area contributed by atoms with Crippen LogP contribution in [-0.4, -0.2) is 56.9 Å². The Morgan fingerprint density at radius 3 is 2.76 bits per heavy atom. The van der Waals surface area contributed by atoms with Crippen LogP contribution in [-0.2, 0) is 16.6 Å². The van der Waals surface area contributed by atoms with Crippen LogP contribution in [0.1, 0.15) is 25.0 Å². The minimum absolute atomic E-state index is 0.0646. The SMILES string of the molecule is CNCc1ccc(S(=O)(=O)N2CCC(N3CCCC3)C2)o1. The second-order valence-corrected chi connectivity index (χ2v) is 7.67. The second-order valence-electron chi connectivity index (χ2n) is 5.80. The average molecular weight is 313 g/mol. The van der Waals surface area contributed by atoms with Gasteiger partial charge in [0.1, 0.15) is 5.76 Å². The molecule has 0 amide bonds. The molecule has 1 atom stereocenters. The summed E-state index contributed by atoms with van der Waals surface area (Å²) in [6, 6.07) is 3.65. The molecule has 2 fully saturated rings. The first-order valence-electron chi connectivity index (χ1n) is 7.59. The van der Waals surface area contributed by atoms with Gasteiger partial charge >= 0.3 is 0 Å². The maximum atomic E-state index is 12.6. The fourth-order valence-electron chi connectivity index (χ4n) is 3.23. The molecule has 7 heteroatoms. The third-order valence-electron chi connectivity index (χ3n) is 4.37. The van der Waals surface area contributed by atoms with Crippen LogP contribution in [0.25, 0.3) is 0 Å². The molecule has 1 aromatic rings. The lowest BCUT2D eigenvalue weighted by Crippen LogP contribution is -2.37. The summed E-state index contributed by atoms with van der Waals surface area (Å²) in [6.07, 6.45) is 3.38. The van der Waals surface area contributed by atoms with Crippen molar-refractivity contribution in [1.29, 1.82) is 0 Å². The van der Waals surface area contributed by atoms with Crippen molar-refractivity contribution in [3.63, 3.8) is 0 Å². The predicted molar refractivity (Wildman–Crippen MR) is 79.4 cm³/mol. The fraction of sp³-hybridized carbons (Fsp3) is 0.714. The summed E-state index contributed by atoms with van der Waals surface area (Å²) < 4.78 is 32.2. The summed E-state index contributed by atoms with van der Waals surface area (Å²) >= 11 is 0. The molecular weight excluding hydrogens is 290 g/mol. The summed E-state index contributed by atoms with van der Waals surface area (Å²) in [5, 5.41) is 3.02. The second kappa shape index (κ2) is 6.08. The van der Waals surface area contributed by atoms with Gasteiger partial charge in [0, 0.05) is 19.1 Å². The summed E-state index contributed by atoms with van der Waals surface area (Å²) in [4.78, 5) is 2.42.